The molecular formula is C33H40N2O4. The maximum absolute atomic E-state index is 13.9. The Balaban J connectivity index is 1.59. The van der Waals surface area contributed by atoms with Crippen LogP contribution in [0.2, 0.25) is 0 Å². The molecule has 0 spiro atoms. The van der Waals surface area contributed by atoms with Crippen molar-refractivity contribution >= 4 is 11.8 Å². The summed E-state index contributed by atoms with van der Waals surface area (Å²) in [5.41, 5.74) is 3.01. The number of nitrogens with zero attached hydrogens (tertiary/aromatic N) is 1. The van der Waals surface area contributed by atoms with Crippen molar-refractivity contribution in [2.75, 3.05) is 14.2 Å². The third-order valence-corrected chi connectivity index (χ3v) is 7.49. The summed E-state index contributed by atoms with van der Waals surface area (Å²) in [6, 6.07) is 25.2. The highest BCUT2D eigenvalue weighted by Crippen LogP contribution is 2.28. The second-order valence-corrected chi connectivity index (χ2v) is 10.2. The molecule has 3 aromatic carbocycles. The van der Waals surface area contributed by atoms with Crippen molar-refractivity contribution in [3.63, 3.8) is 0 Å². The lowest BCUT2D eigenvalue weighted by molar-refractivity contribution is -0.141. The number of carbonyl (C=O) groups is 2. The number of amides is 2. The topological polar surface area (TPSA) is 67.9 Å². The molecule has 0 heterocycles. The molecule has 3 aromatic rings. The Labute approximate surface area is 232 Å². The Morgan fingerprint density at radius 3 is 2.10 bits per heavy atom. The molecular weight excluding hydrogens is 488 g/mol. The van der Waals surface area contributed by atoms with E-state index in [1.54, 1.807) is 19.1 Å². The van der Waals surface area contributed by atoms with Crippen molar-refractivity contribution in [1.29, 1.82) is 0 Å². The van der Waals surface area contributed by atoms with E-state index in [2.05, 4.69) is 5.32 Å². The van der Waals surface area contributed by atoms with Crippen LogP contribution < -0.4 is 14.8 Å². The highest BCUT2D eigenvalue weighted by molar-refractivity contribution is 5.88. The molecule has 0 bridgehead atoms. The van der Waals surface area contributed by atoms with Crippen molar-refractivity contribution in [1.82, 2.24) is 10.2 Å². The molecule has 4 rings (SSSR count). The van der Waals surface area contributed by atoms with E-state index in [9.17, 15) is 9.59 Å². The third-order valence-electron chi connectivity index (χ3n) is 7.49. The molecule has 1 aliphatic carbocycles. The van der Waals surface area contributed by atoms with Gasteiger partial charge in [0.05, 0.1) is 14.2 Å². The average Bonchev–Trinajstić information content (AvgIpc) is 2.99. The summed E-state index contributed by atoms with van der Waals surface area (Å²) in [5, 5.41) is 3.30. The minimum atomic E-state index is -0.604. The molecule has 0 aromatic heterocycles. The van der Waals surface area contributed by atoms with Crippen LogP contribution in [0.1, 0.15) is 55.2 Å². The van der Waals surface area contributed by atoms with Crippen LogP contribution in [-0.4, -0.2) is 43.0 Å². The molecule has 1 fully saturated rings. The number of methoxy groups -OCH3 is 2. The van der Waals surface area contributed by atoms with Gasteiger partial charge in [0.15, 0.2) is 11.5 Å². The minimum absolute atomic E-state index is 0.0478. The standard InChI is InChI=1S/C33H40N2O4/c1-38-30-20-18-26(23-31(30)39-2)19-21-32(36)35(24-27-14-8-4-9-15-27)29(22-25-12-6-3-7-13-25)33(37)34-28-16-10-5-11-17-28/h3-4,6-9,12-15,18,20,23,28-29H,5,10-11,16-17,19,21-22,24H2,1-2H3,(H,34,37). The average molecular weight is 529 g/mol. The molecule has 1 atom stereocenters. The number of rotatable bonds is 12. The number of nitrogens with one attached hydrogen (secondary N) is 1. The number of carbonyl (C=O) groups excluding carboxylic acids is 2. The number of hydrogen-bond acceptors (Lipinski definition) is 4. The van der Waals surface area contributed by atoms with Gasteiger partial charge in [-0.1, -0.05) is 86.0 Å². The van der Waals surface area contributed by atoms with Crippen molar-refractivity contribution in [2.24, 2.45) is 0 Å². The van der Waals surface area contributed by atoms with Gasteiger partial charge in [-0.3, -0.25) is 9.59 Å². The van der Waals surface area contributed by atoms with Crippen molar-refractivity contribution in [3.05, 3.63) is 95.6 Å². The van der Waals surface area contributed by atoms with Crippen LogP contribution >= 0.6 is 0 Å². The highest BCUT2D eigenvalue weighted by atomic mass is 16.5. The Kier molecular flexibility index (Phi) is 10.4. The SMILES string of the molecule is COc1ccc(CCC(=O)N(Cc2ccccc2)C(Cc2ccccc2)C(=O)NC2CCCCC2)cc1OC. The monoisotopic (exact) mass is 528 g/mol. The second-order valence-electron chi connectivity index (χ2n) is 10.2. The lowest BCUT2D eigenvalue weighted by atomic mass is 9.94. The smallest absolute Gasteiger partial charge is 0.243 e. The van der Waals surface area contributed by atoms with E-state index >= 15 is 0 Å². The first-order chi connectivity index (χ1) is 19.1. The van der Waals surface area contributed by atoms with Crippen LogP contribution in [0, 0.1) is 0 Å². The Bertz CT molecular complexity index is 1190. The lowest BCUT2D eigenvalue weighted by Crippen LogP contribution is -2.52. The molecule has 6 nitrogen and oxygen atoms in total. The van der Waals surface area contributed by atoms with E-state index in [-0.39, 0.29) is 24.3 Å². The van der Waals surface area contributed by atoms with Crippen molar-refractivity contribution in [3.8, 4) is 11.5 Å². The van der Waals surface area contributed by atoms with E-state index in [0.717, 1.165) is 42.4 Å². The van der Waals surface area contributed by atoms with Gasteiger partial charge >= 0.3 is 0 Å². The Hall–Kier alpha value is -3.80. The quantitative estimate of drug-likeness (QED) is 0.326. The zero-order chi connectivity index (χ0) is 27.5. The van der Waals surface area contributed by atoms with Gasteiger partial charge in [-0.2, -0.15) is 0 Å². The summed E-state index contributed by atoms with van der Waals surface area (Å²) in [7, 11) is 3.21. The van der Waals surface area contributed by atoms with E-state index < -0.39 is 6.04 Å². The predicted octanol–water partition coefficient (Wildman–Crippen LogP) is 5.73. The van der Waals surface area contributed by atoms with Crippen LogP contribution in [0.3, 0.4) is 0 Å². The minimum Gasteiger partial charge on any atom is -0.493 e. The predicted molar refractivity (Wildman–Crippen MR) is 154 cm³/mol. The van der Waals surface area contributed by atoms with E-state index in [1.807, 2.05) is 78.9 Å². The summed E-state index contributed by atoms with van der Waals surface area (Å²) in [6.45, 7) is 0.376. The van der Waals surface area contributed by atoms with Crippen LogP contribution in [0.25, 0.3) is 0 Å². The van der Waals surface area contributed by atoms with Gasteiger partial charge in [0.1, 0.15) is 6.04 Å². The molecule has 0 saturated heterocycles. The van der Waals surface area contributed by atoms with E-state index in [4.69, 9.17) is 9.47 Å². The second kappa shape index (κ2) is 14.4. The van der Waals surface area contributed by atoms with Crippen molar-refractivity contribution in [2.45, 2.75) is 70.0 Å². The van der Waals surface area contributed by atoms with Crippen LogP contribution in [0.15, 0.2) is 78.9 Å². The van der Waals surface area contributed by atoms with Gasteiger partial charge in [-0.05, 0) is 48.1 Å². The molecule has 39 heavy (non-hydrogen) atoms. The number of hydrogen-bond donors (Lipinski definition) is 1. The summed E-state index contributed by atoms with van der Waals surface area (Å²) >= 11 is 0. The van der Waals surface area contributed by atoms with Gasteiger partial charge < -0.3 is 19.7 Å². The third kappa shape index (κ3) is 8.09. The van der Waals surface area contributed by atoms with Crippen LogP contribution in [0.4, 0.5) is 0 Å². The molecule has 206 valence electrons. The fourth-order valence-electron chi connectivity index (χ4n) is 5.31. The highest BCUT2D eigenvalue weighted by Gasteiger charge is 2.31. The molecule has 2 amide bonds. The summed E-state index contributed by atoms with van der Waals surface area (Å²) in [5.74, 6) is 1.17. The van der Waals surface area contributed by atoms with E-state index in [1.165, 1.54) is 6.42 Å². The molecule has 1 unspecified atom stereocenters. The first-order valence-electron chi connectivity index (χ1n) is 14.0. The summed E-state index contributed by atoms with van der Waals surface area (Å²) < 4.78 is 10.8. The van der Waals surface area contributed by atoms with Gasteiger partial charge in [-0.15, -0.1) is 0 Å². The maximum atomic E-state index is 13.9. The van der Waals surface area contributed by atoms with E-state index in [0.29, 0.717) is 30.9 Å². The zero-order valence-electron chi connectivity index (χ0n) is 23.1. The fraction of sp³-hybridized carbons (Fsp3) is 0.394. The Morgan fingerprint density at radius 1 is 0.821 bits per heavy atom. The number of benzene rings is 3. The largest absolute Gasteiger partial charge is 0.493 e. The Morgan fingerprint density at radius 2 is 1.46 bits per heavy atom. The first kappa shape index (κ1) is 28.2. The van der Waals surface area contributed by atoms with Crippen LogP contribution in [0.5, 0.6) is 11.5 Å². The summed E-state index contributed by atoms with van der Waals surface area (Å²) in [4.78, 5) is 29.5. The van der Waals surface area contributed by atoms with Crippen LogP contribution in [-0.2, 0) is 29.0 Å². The molecule has 1 aliphatic rings. The fourth-order valence-corrected chi connectivity index (χ4v) is 5.31. The zero-order valence-corrected chi connectivity index (χ0v) is 23.1. The van der Waals surface area contributed by atoms with Gasteiger partial charge in [-0.25, -0.2) is 0 Å². The van der Waals surface area contributed by atoms with Gasteiger partial charge in [0.25, 0.3) is 0 Å². The molecule has 1 N–H and O–H groups in total. The first-order valence-corrected chi connectivity index (χ1v) is 14.0. The maximum Gasteiger partial charge on any atom is 0.243 e. The lowest BCUT2D eigenvalue weighted by Gasteiger charge is -2.33. The summed E-state index contributed by atoms with van der Waals surface area (Å²) in [6.07, 6.45) is 6.75. The van der Waals surface area contributed by atoms with Crippen molar-refractivity contribution < 1.29 is 19.1 Å². The number of aryl methyl sites for hydroxylation is 1. The number of ether oxygens (including phenoxy) is 2. The molecule has 0 radical (unpaired) electrons. The molecule has 6 heteroatoms. The normalized spacial score (nSPS) is 14.3. The van der Waals surface area contributed by atoms with Gasteiger partial charge in [0, 0.05) is 25.4 Å². The van der Waals surface area contributed by atoms with Gasteiger partial charge in [0.2, 0.25) is 11.8 Å². The molecule has 1 saturated carbocycles. The molecule has 0 aliphatic heterocycles.